The summed E-state index contributed by atoms with van der Waals surface area (Å²) in [5.74, 6) is 1.63. The van der Waals surface area contributed by atoms with Gasteiger partial charge >= 0.3 is 0 Å². The highest BCUT2D eigenvalue weighted by Gasteiger charge is 2.35. The van der Waals surface area contributed by atoms with Crippen molar-refractivity contribution in [1.29, 1.82) is 0 Å². The predicted molar refractivity (Wildman–Crippen MR) is 82.7 cm³/mol. The van der Waals surface area contributed by atoms with Gasteiger partial charge in [-0.1, -0.05) is 13.8 Å². The van der Waals surface area contributed by atoms with Crippen LogP contribution in [0.25, 0.3) is 0 Å². The fourth-order valence-corrected chi connectivity index (χ4v) is 2.99. The van der Waals surface area contributed by atoms with Gasteiger partial charge < -0.3 is 16.2 Å². The van der Waals surface area contributed by atoms with Gasteiger partial charge in [0.2, 0.25) is 0 Å². The second-order valence-corrected chi connectivity index (χ2v) is 6.32. The van der Waals surface area contributed by atoms with E-state index in [9.17, 15) is 5.11 Å². The molecule has 0 atom stereocenters. The second kappa shape index (κ2) is 6.04. The molecule has 1 fully saturated rings. The maximum absolute atomic E-state index is 9.87. The number of aryl methyl sites for hydroxylation is 2. The van der Waals surface area contributed by atoms with Crippen LogP contribution in [0.1, 0.15) is 51.6 Å². The fourth-order valence-electron chi connectivity index (χ4n) is 2.99. The Bertz CT molecular complexity index is 447. The van der Waals surface area contributed by atoms with E-state index in [-0.39, 0.29) is 12.1 Å². The van der Waals surface area contributed by atoms with Crippen molar-refractivity contribution in [2.75, 3.05) is 17.7 Å². The molecule has 0 unspecified atom stereocenters. The molecule has 1 heterocycles. The SMILES string of the molecule is CCCn1nc(C)c(N)c1NC1(CO)CCC(C)CC1. The standard InChI is InChI=1S/C15H28N4O/c1-4-9-19-14(13(16)12(3)18-19)17-15(10-20)7-5-11(2)6-8-15/h11,17,20H,4-10,16H2,1-3H3. The Morgan fingerprint density at radius 3 is 2.65 bits per heavy atom. The van der Waals surface area contributed by atoms with Crippen LogP contribution in [0.2, 0.25) is 0 Å². The van der Waals surface area contributed by atoms with Crippen LogP contribution in [-0.4, -0.2) is 27.0 Å². The molecule has 5 heteroatoms. The summed E-state index contributed by atoms with van der Waals surface area (Å²) in [7, 11) is 0. The smallest absolute Gasteiger partial charge is 0.148 e. The van der Waals surface area contributed by atoms with E-state index in [4.69, 9.17) is 5.73 Å². The van der Waals surface area contributed by atoms with Gasteiger partial charge in [0.05, 0.1) is 23.5 Å². The summed E-state index contributed by atoms with van der Waals surface area (Å²) < 4.78 is 1.94. The van der Waals surface area contributed by atoms with Gasteiger partial charge in [0, 0.05) is 6.54 Å². The normalized spacial score (nSPS) is 26.7. The Balaban J connectivity index is 2.23. The van der Waals surface area contributed by atoms with Crippen LogP contribution in [0.15, 0.2) is 0 Å². The van der Waals surface area contributed by atoms with E-state index in [0.717, 1.165) is 56.1 Å². The van der Waals surface area contributed by atoms with Crippen LogP contribution in [0.4, 0.5) is 11.5 Å². The number of hydrogen-bond acceptors (Lipinski definition) is 4. The molecule has 5 nitrogen and oxygen atoms in total. The molecular formula is C15H28N4O. The third kappa shape index (κ3) is 2.92. The minimum atomic E-state index is -0.238. The van der Waals surface area contributed by atoms with Crippen LogP contribution >= 0.6 is 0 Å². The molecule has 4 N–H and O–H groups in total. The summed E-state index contributed by atoms with van der Waals surface area (Å²) in [4.78, 5) is 0. The number of anilines is 2. The van der Waals surface area contributed by atoms with Gasteiger partial charge in [0.25, 0.3) is 0 Å². The molecule has 1 aliphatic carbocycles. The van der Waals surface area contributed by atoms with Crippen molar-refractivity contribution in [2.24, 2.45) is 5.92 Å². The van der Waals surface area contributed by atoms with Crippen molar-refractivity contribution >= 4 is 11.5 Å². The Morgan fingerprint density at radius 1 is 1.45 bits per heavy atom. The van der Waals surface area contributed by atoms with Gasteiger partial charge in [0.15, 0.2) is 0 Å². The van der Waals surface area contributed by atoms with Crippen molar-refractivity contribution in [3.63, 3.8) is 0 Å². The molecule has 0 saturated heterocycles. The monoisotopic (exact) mass is 280 g/mol. The molecule has 1 aromatic rings. The topological polar surface area (TPSA) is 76.1 Å². The van der Waals surface area contributed by atoms with E-state index >= 15 is 0 Å². The van der Waals surface area contributed by atoms with Crippen LogP contribution in [0.5, 0.6) is 0 Å². The average molecular weight is 280 g/mol. The molecule has 2 rings (SSSR count). The van der Waals surface area contributed by atoms with Crippen molar-refractivity contribution in [3.8, 4) is 0 Å². The largest absolute Gasteiger partial charge is 0.394 e. The number of rotatable bonds is 5. The maximum atomic E-state index is 9.87. The number of nitrogens with two attached hydrogens (primary N) is 1. The number of aliphatic hydroxyl groups excluding tert-OH is 1. The molecule has 114 valence electrons. The molecule has 1 saturated carbocycles. The van der Waals surface area contributed by atoms with Crippen LogP contribution in [0.3, 0.4) is 0 Å². The number of hydrogen-bond donors (Lipinski definition) is 3. The van der Waals surface area contributed by atoms with E-state index in [1.807, 2.05) is 11.6 Å². The highest BCUT2D eigenvalue weighted by atomic mass is 16.3. The lowest BCUT2D eigenvalue weighted by atomic mass is 9.77. The van der Waals surface area contributed by atoms with Crippen LogP contribution in [-0.2, 0) is 6.54 Å². The summed E-state index contributed by atoms with van der Waals surface area (Å²) in [5.41, 5.74) is 7.50. The van der Waals surface area contributed by atoms with Crippen molar-refractivity contribution in [3.05, 3.63) is 5.69 Å². The lowest BCUT2D eigenvalue weighted by Crippen LogP contribution is -2.45. The molecule has 0 aliphatic heterocycles. The zero-order valence-electron chi connectivity index (χ0n) is 12.9. The highest BCUT2D eigenvalue weighted by Crippen LogP contribution is 2.36. The first-order valence-corrected chi connectivity index (χ1v) is 7.73. The molecule has 0 spiro atoms. The summed E-state index contributed by atoms with van der Waals surface area (Å²) in [6.07, 6.45) is 5.28. The Kier molecular flexibility index (Phi) is 4.58. The number of nitrogens with one attached hydrogen (secondary N) is 1. The molecule has 20 heavy (non-hydrogen) atoms. The highest BCUT2D eigenvalue weighted by molar-refractivity contribution is 5.65. The first kappa shape index (κ1) is 15.2. The van der Waals surface area contributed by atoms with Gasteiger partial charge in [-0.25, -0.2) is 4.68 Å². The lowest BCUT2D eigenvalue weighted by Gasteiger charge is -2.39. The number of nitrogen functional groups attached to an aromatic ring is 1. The van der Waals surface area contributed by atoms with Crippen molar-refractivity contribution in [1.82, 2.24) is 9.78 Å². The maximum Gasteiger partial charge on any atom is 0.148 e. The quantitative estimate of drug-likeness (QED) is 0.774. The van der Waals surface area contributed by atoms with E-state index in [0.29, 0.717) is 5.69 Å². The van der Waals surface area contributed by atoms with E-state index in [1.165, 1.54) is 0 Å². The van der Waals surface area contributed by atoms with Gasteiger partial charge in [-0.2, -0.15) is 5.10 Å². The summed E-state index contributed by atoms with van der Waals surface area (Å²) in [5, 5.41) is 17.9. The summed E-state index contributed by atoms with van der Waals surface area (Å²) in [6.45, 7) is 7.33. The molecule has 0 aromatic carbocycles. The summed E-state index contributed by atoms with van der Waals surface area (Å²) >= 11 is 0. The Morgan fingerprint density at radius 2 is 2.10 bits per heavy atom. The third-order valence-electron chi connectivity index (χ3n) is 4.53. The van der Waals surface area contributed by atoms with Crippen LogP contribution < -0.4 is 11.1 Å². The van der Waals surface area contributed by atoms with Crippen molar-refractivity contribution < 1.29 is 5.11 Å². The zero-order chi connectivity index (χ0) is 14.8. The van der Waals surface area contributed by atoms with E-state index in [2.05, 4.69) is 24.3 Å². The average Bonchev–Trinajstić information content (AvgIpc) is 2.70. The fraction of sp³-hybridized carbons (Fsp3) is 0.800. The number of aliphatic hydroxyl groups is 1. The minimum Gasteiger partial charge on any atom is -0.394 e. The Hall–Kier alpha value is -1.23. The second-order valence-electron chi connectivity index (χ2n) is 6.32. The minimum absolute atomic E-state index is 0.148. The van der Waals surface area contributed by atoms with Gasteiger partial charge in [-0.3, -0.25) is 0 Å². The van der Waals surface area contributed by atoms with E-state index < -0.39 is 0 Å². The first-order chi connectivity index (χ1) is 9.51. The molecule has 0 amide bonds. The van der Waals surface area contributed by atoms with Gasteiger partial charge in [-0.15, -0.1) is 0 Å². The number of aromatic nitrogens is 2. The molecule has 1 aromatic heterocycles. The third-order valence-corrected chi connectivity index (χ3v) is 4.53. The van der Waals surface area contributed by atoms with E-state index in [1.54, 1.807) is 0 Å². The number of nitrogens with zero attached hydrogens (tertiary/aromatic N) is 2. The zero-order valence-corrected chi connectivity index (χ0v) is 12.9. The lowest BCUT2D eigenvalue weighted by molar-refractivity contribution is 0.154. The molecule has 1 aliphatic rings. The molecule has 0 radical (unpaired) electrons. The van der Waals surface area contributed by atoms with Crippen LogP contribution in [0, 0.1) is 12.8 Å². The Labute approximate surface area is 121 Å². The van der Waals surface area contributed by atoms with Gasteiger partial charge in [0.1, 0.15) is 5.82 Å². The summed E-state index contributed by atoms with van der Waals surface area (Å²) in [6, 6.07) is 0. The first-order valence-electron chi connectivity index (χ1n) is 7.73. The molecular weight excluding hydrogens is 252 g/mol. The predicted octanol–water partition coefficient (Wildman–Crippen LogP) is 2.54. The molecule has 0 bridgehead atoms. The van der Waals surface area contributed by atoms with Crippen molar-refractivity contribution in [2.45, 2.75) is 65.0 Å². The van der Waals surface area contributed by atoms with Gasteiger partial charge in [-0.05, 0) is 44.9 Å².